The van der Waals surface area contributed by atoms with E-state index in [2.05, 4.69) is 4.98 Å². The first-order valence-corrected chi connectivity index (χ1v) is 12.2. The van der Waals surface area contributed by atoms with Crippen LogP contribution in [0.5, 0.6) is 0 Å². The number of carbonyl (C=O) groups excluding carboxylic acids is 1. The summed E-state index contributed by atoms with van der Waals surface area (Å²) in [4.78, 5) is 19.1. The number of sulfonamides is 1. The second-order valence-electron chi connectivity index (χ2n) is 7.98. The van der Waals surface area contributed by atoms with Crippen LogP contribution >= 0.6 is 0 Å². The van der Waals surface area contributed by atoms with E-state index in [1.165, 1.54) is 10.6 Å². The monoisotopic (exact) mass is 461 g/mol. The van der Waals surface area contributed by atoms with Crippen LogP contribution in [-0.2, 0) is 21.2 Å². The Morgan fingerprint density at radius 2 is 1.58 bits per heavy atom. The van der Waals surface area contributed by atoms with Gasteiger partial charge in [-0.3, -0.25) is 4.79 Å². The number of fused-ring (bicyclic) bond motifs is 1. The molecule has 0 radical (unpaired) electrons. The molecule has 0 aliphatic carbocycles. The Balaban J connectivity index is 1.22. The molecular formula is C25H23N3O4S. The summed E-state index contributed by atoms with van der Waals surface area (Å²) in [5, 5.41) is 1.88. The molecule has 0 bridgehead atoms. The molecule has 1 amide bonds. The molecule has 5 rings (SSSR count). The molecule has 4 aromatic rings. The van der Waals surface area contributed by atoms with E-state index in [9.17, 15) is 13.2 Å². The van der Waals surface area contributed by atoms with Crippen molar-refractivity contribution in [1.82, 2.24) is 14.2 Å². The summed E-state index contributed by atoms with van der Waals surface area (Å²) < 4.78 is 33.2. The maximum Gasteiger partial charge on any atom is 0.243 e. The van der Waals surface area contributed by atoms with E-state index in [-0.39, 0.29) is 30.3 Å². The average Bonchev–Trinajstić information content (AvgIpc) is 3.33. The lowest BCUT2D eigenvalue weighted by molar-refractivity contribution is -0.131. The normalized spacial score (nSPS) is 15.1. The van der Waals surface area contributed by atoms with E-state index in [4.69, 9.17) is 4.42 Å². The molecule has 8 heteroatoms. The maximum atomic E-state index is 13.1. The van der Waals surface area contributed by atoms with Crippen LogP contribution < -0.4 is 0 Å². The van der Waals surface area contributed by atoms with Gasteiger partial charge >= 0.3 is 0 Å². The summed E-state index contributed by atoms with van der Waals surface area (Å²) in [7, 11) is -3.62. The number of hydrogen-bond acceptors (Lipinski definition) is 5. The molecule has 0 saturated carbocycles. The zero-order valence-electron chi connectivity index (χ0n) is 17.9. The maximum absolute atomic E-state index is 13.1. The van der Waals surface area contributed by atoms with Crippen LogP contribution in [0.15, 0.2) is 88.4 Å². The molecule has 1 aromatic heterocycles. The summed E-state index contributed by atoms with van der Waals surface area (Å²) >= 11 is 0. The minimum absolute atomic E-state index is 0.0920. The molecule has 0 N–H and O–H groups in total. The summed E-state index contributed by atoms with van der Waals surface area (Å²) in [6, 6.07) is 22.3. The van der Waals surface area contributed by atoms with Gasteiger partial charge in [-0.15, -0.1) is 0 Å². The van der Waals surface area contributed by atoms with E-state index in [1.54, 1.807) is 17.0 Å². The van der Waals surface area contributed by atoms with Crippen LogP contribution in [-0.4, -0.2) is 54.7 Å². The highest BCUT2D eigenvalue weighted by Gasteiger charge is 2.30. The predicted octanol–water partition coefficient (Wildman–Crippen LogP) is 3.57. The number of benzene rings is 3. The smallest absolute Gasteiger partial charge is 0.243 e. The van der Waals surface area contributed by atoms with Crippen molar-refractivity contribution in [2.45, 2.75) is 11.3 Å². The van der Waals surface area contributed by atoms with Crippen LogP contribution in [0, 0.1) is 0 Å². The number of carbonyl (C=O) groups is 1. The van der Waals surface area contributed by atoms with Crippen molar-refractivity contribution in [3.8, 4) is 11.5 Å². The zero-order chi connectivity index (χ0) is 22.8. The van der Waals surface area contributed by atoms with Crippen molar-refractivity contribution >= 4 is 26.7 Å². The average molecular weight is 462 g/mol. The van der Waals surface area contributed by atoms with Gasteiger partial charge in [0.05, 0.1) is 17.0 Å². The number of amides is 1. The number of nitrogens with zero attached hydrogens (tertiary/aromatic N) is 3. The Morgan fingerprint density at radius 1 is 0.879 bits per heavy atom. The topological polar surface area (TPSA) is 83.7 Å². The molecule has 2 heterocycles. The second-order valence-corrected chi connectivity index (χ2v) is 9.92. The van der Waals surface area contributed by atoms with Crippen LogP contribution in [0.25, 0.3) is 22.2 Å². The third kappa shape index (κ3) is 4.40. The lowest BCUT2D eigenvalue weighted by Gasteiger charge is -2.34. The molecule has 1 fully saturated rings. The van der Waals surface area contributed by atoms with Gasteiger partial charge in [-0.25, -0.2) is 13.4 Å². The number of hydrogen-bond donors (Lipinski definition) is 0. The Labute approximate surface area is 192 Å². The quantitative estimate of drug-likeness (QED) is 0.454. The second kappa shape index (κ2) is 8.80. The van der Waals surface area contributed by atoms with Gasteiger partial charge in [0, 0.05) is 31.7 Å². The fraction of sp³-hybridized carbons (Fsp3) is 0.200. The van der Waals surface area contributed by atoms with E-state index in [0.29, 0.717) is 24.7 Å². The van der Waals surface area contributed by atoms with Gasteiger partial charge in [-0.05, 0) is 35.0 Å². The number of aromatic nitrogens is 1. The van der Waals surface area contributed by atoms with Gasteiger partial charge in [0.25, 0.3) is 0 Å². The van der Waals surface area contributed by atoms with Gasteiger partial charge in [0.2, 0.25) is 21.8 Å². The van der Waals surface area contributed by atoms with E-state index in [0.717, 1.165) is 16.3 Å². The summed E-state index contributed by atoms with van der Waals surface area (Å²) in [5.41, 5.74) is 1.41. The Kier molecular flexibility index (Phi) is 5.70. The molecule has 7 nitrogen and oxygen atoms in total. The molecule has 1 saturated heterocycles. The minimum atomic E-state index is -3.62. The van der Waals surface area contributed by atoms with E-state index < -0.39 is 10.0 Å². The largest absolute Gasteiger partial charge is 0.444 e. The molecule has 1 aliphatic heterocycles. The lowest BCUT2D eigenvalue weighted by atomic mass is 10.1. The molecule has 0 spiro atoms. The summed E-state index contributed by atoms with van der Waals surface area (Å²) in [6.07, 6.45) is 1.62. The van der Waals surface area contributed by atoms with Crippen molar-refractivity contribution in [2.75, 3.05) is 26.2 Å². The van der Waals surface area contributed by atoms with Crippen LogP contribution in [0.4, 0.5) is 0 Å². The lowest BCUT2D eigenvalue weighted by Crippen LogP contribution is -2.50. The van der Waals surface area contributed by atoms with Crippen molar-refractivity contribution in [3.05, 3.63) is 84.8 Å². The Hall–Kier alpha value is -3.49. The van der Waals surface area contributed by atoms with Crippen LogP contribution in [0.2, 0.25) is 0 Å². The van der Waals surface area contributed by atoms with Gasteiger partial charge in [0.1, 0.15) is 6.26 Å². The number of piperazine rings is 1. The third-order valence-electron chi connectivity index (χ3n) is 5.85. The van der Waals surface area contributed by atoms with Crippen molar-refractivity contribution in [2.24, 2.45) is 0 Å². The standard InChI is InChI=1S/C25H23N3O4S/c29-24(17-22-18-32-25(26-22)20-7-2-1-3-8-20)27-12-14-28(15-13-27)33(30,31)23-11-10-19-6-4-5-9-21(19)16-23/h1-11,16,18H,12-15,17H2. The van der Waals surface area contributed by atoms with Gasteiger partial charge in [-0.1, -0.05) is 48.5 Å². The number of oxazole rings is 1. The molecule has 0 atom stereocenters. The van der Waals surface area contributed by atoms with Crippen molar-refractivity contribution < 1.29 is 17.6 Å². The molecule has 1 aliphatic rings. The first-order chi connectivity index (χ1) is 16.0. The fourth-order valence-electron chi connectivity index (χ4n) is 4.02. The zero-order valence-corrected chi connectivity index (χ0v) is 18.7. The van der Waals surface area contributed by atoms with Crippen molar-refractivity contribution in [3.63, 3.8) is 0 Å². The van der Waals surface area contributed by atoms with Crippen LogP contribution in [0.3, 0.4) is 0 Å². The molecular weight excluding hydrogens is 438 g/mol. The van der Waals surface area contributed by atoms with E-state index >= 15 is 0 Å². The van der Waals surface area contributed by atoms with Gasteiger partial charge in [-0.2, -0.15) is 4.31 Å². The third-order valence-corrected chi connectivity index (χ3v) is 7.75. The molecule has 0 unspecified atom stereocenters. The Morgan fingerprint density at radius 3 is 2.33 bits per heavy atom. The highest BCUT2D eigenvalue weighted by atomic mass is 32.2. The molecule has 33 heavy (non-hydrogen) atoms. The van der Waals surface area contributed by atoms with Gasteiger partial charge in [0.15, 0.2) is 0 Å². The van der Waals surface area contributed by atoms with Crippen LogP contribution in [0.1, 0.15) is 5.69 Å². The predicted molar refractivity (Wildman–Crippen MR) is 125 cm³/mol. The summed E-state index contributed by atoms with van der Waals surface area (Å²) in [5.74, 6) is 0.385. The molecule has 3 aromatic carbocycles. The fourth-order valence-corrected chi connectivity index (χ4v) is 5.48. The highest BCUT2D eigenvalue weighted by Crippen LogP contribution is 2.23. The van der Waals surface area contributed by atoms with Crippen molar-refractivity contribution in [1.29, 1.82) is 0 Å². The highest BCUT2D eigenvalue weighted by molar-refractivity contribution is 7.89. The van der Waals surface area contributed by atoms with Gasteiger partial charge < -0.3 is 9.32 Å². The van der Waals surface area contributed by atoms with E-state index in [1.807, 2.05) is 60.7 Å². The first-order valence-electron chi connectivity index (χ1n) is 10.8. The molecule has 168 valence electrons. The SMILES string of the molecule is O=C(Cc1coc(-c2ccccc2)n1)N1CCN(S(=O)(=O)c2ccc3ccccc3c2)CC1. The first kappa shape index (κ1) is 21.4. The Bertz CT molecular complexity index is 1390. The number of rotatable bonds is 5. The summed E-state index contributed by atoms with van der Waals surface area (Å²) in [6.45, 7) is 1.20. The minimum Gasteiger partial charge on any atom is -0.444 e.